The predicted molar refractivity (Wildman–Crippen MR) is 84.4 cm³/mol. The van der Waals surface area contributed by atoms with Crippen LogP contribution in [0.1, 0.15) is 33.1 Å². The van der Waals surface area contributed by atoms with Crippen molar-refractivity contribution in [2.75, 3.05) is 18.0 Å². The van der Waals surface area contributed by atoms with Gasteiger partial charge in [0.15, 0.2) is 0 Å². The smallest absolute Gasteiger partial charge is 0.241 e. The number of amides is 2. The van der Waals surface area contributed by atoms with Crippen molar-refractivity contribution >= 4 is 29.3 Å². The van der Waals surface area contributed by atoms with E-state index < -0.39 is 0 Å². The summed E-state index contributed by atoms with van der Waals surface area (Å²) < 4.78 is 0. The number of nitrogens with one attached hydrogen (secondary N) is 1. The first-order chi connectivity index (χ1) is 10.2. The average molecular weight is 307 g/mol. The van der Waals surface area contributed by atoms with Gasteiger partial charge >= 0.3 is 0 Å². The second kappa shape index (κ2) is 7.45. The maximum Gasteiger partial charge on any atom is 0.241 e. The molecule has 0 aliphatic carbocycles. The molecule has 1 aliphatic heterocycles. The van der Waals surface area contributed by atoms with Gasteiger partial charge in [-0.2, -0.15) is 0 Å². The first kappa shape index (κ1) is 15.8. The van der Waals surface area contributed by atoms with Gasteiger partial charge in [-0.05, 0) is 25.0 Å². The van der Waals surface area contributed by atoms with Crippen molar-refractivity contribution in [1.29, 1.82) is 0 Å². The molecule has 1 aliphatic rings. The van der Waals surface area contributed by atoms with Gasteiger partial charge < -0.3 is 10.2 Å². The van der Waals surface area contributed by atoms with Crippen molar-refractivity contribution in [2.45, 2.75) is 43.4 Å². The highest BCUT2D eigenvalue weighted by Crippen LogP contribution is 2.38. The highest BCUT2D eigenvalue weighted by Gasteiger charge is 2.34. The summed E-state index contributed by atoms with van der Waals surface area (Å²) in [5.41, 5.74) is 0.861. The quantitative estimate of drug-likeness (QED) is 0.875. The fourth-order valence-corrected chi connectivity index (χ4v) is 3.40. The zero-order chi connectivity index (χ0) is 15.2. The van der Waals surface area contributed by atoms with E-state index in [0.717, 1.165) is 23.6 Å². The Hall–Kier alpha value is -1.56. The molecule has 5 nitrogen and oxygen atoms in total. The number of hydrogen-bond acceptors (Lipinski definition) is 4. The fourth-order valence-electron chi connectivity index (χ4n) is 2.24. The molecule has 1 aromatic rings. The Kier molecular flexibility index (Phi) is 5.61. The van der Waals surface area contributed by atoms with E-state index in [-0.39, 0.29) is 23.5 Å². The van der Waals surface area contributed by atoms with Gasteiger partial charge in [0.1, 0.15) is 5.03 Å². The molecule has 2 amide bonds. The lowest BCUT2D eigenvalue weighted by Crippen LogP contribution is -2.43. The third-order valence-corrected chi connectivity index (χ3v) is 4.42. The van der Waals surface area contributed by atoms with Crippen LogP contribution in [-0.4, -0.2) is 35.1 Å². The van der Waals surface area contributed by atoms with Gasteiger partial charge in [0, 0.05) is 25.7 Å². The lowest BCUT2D eigenvalue weighted by Gasteiger charge is -2.32. The summed E-state index contributed by atoms with van der Waals surface area (Å²) in [6.45, 7) is 5.35. The van der Waals surface area contributed by atoms with E-state index in [9.17, 15) is 9.59 Å². The normalized spacial score (nSPS) is 17.5. The van der Waals surface area contributed by atoms with Crippen molar-refractivity contribution in [3.8, 4) is 0 Å². The summed E-state index contributed by atoms with van der Waals surface area (Å²) in [6.07, 6.45) is 3.70. The van der Waals surface area contributed by atoms with Crippen LogP contribution in [0.2, 0.25) is 0 Å². The molecular weight excluding hydrogens is 286 g/mol. The number of pyridine rings is 1. The van der Waals surface area contributed by atoms with E-state index in [0.29, 0.717) is 13.1 Å². The Morgan fingerprint density at radius 3 is 2.95 bits per heavy atom. The Bertz CT molecular complexity index is 521. The van der Waals surface area contributed by atoms with Crippen LogP contribution < -0.4 is 10.2 Å². The molecule has 114 valence electrons. The summed E-state index contributed by atoms with van der Waals surface area (Å²) >= 11 is 1.39. The first-order valence-corrected chi connectivity index (χ1v) is 8.25. The summed E-state index contributed by atoms with van der Waals surface area (Å²) in [4.78, 5) is 30.6. The maximum absolute atomic E-state index is 12.6. The number of thioether (sulfide) groups is 1. The molecule has 0 radical (unpaired) electrons. The van der Waals surface area contributed by atoms with E-state index in [1.54, 1.807) is 11.1 Å². The molecule has 1 atom stereocenters. The zero-order valence-electron chi connectivity index (χ0n) is 12.5. The molecule has 2 heterocycles. The van der Waals surface area contributed by atoms with Gasteiger partial charge in [-0.15, -0.1) is 0 Å². The molecule has 21 heavy (non-hydrogen) atoms. The Morgan fingerprint density at radius 2 is 2.24 bits per heavy atom. The second-order valence-electron chi connectivity index (χ2n) is 4.98. The molecule has 6 heteroatoms. The predicted octanol–water partition coefficient (Wildman–Crippen LogP) is 2.22. The number of aromatic nitrogens is 1. The van der Waals surface area contributed by atoms with Crippen LogP contribution in [0.25, 0.3) is 0 Å². The van der Waals surface area contributed by atoms with Crippen molar-refractivity contribution in [3.05, 3.63) is 18.3 Å². The molecule has 0 aromatic carbocycles. The van der Waals surface area contributed by atoms with Gasteiger partial charge in [-0.25, -0.2) is 4.98 Å². The number of carbonyl (C=O) groups excluding carboxylic acids is 2. The standard InChI is InChI=1S/C15H21N3O2S/c1-3-7-16-13(19)10-12-15(20)18(9-4-2)11-6-5-8-17-14(11)21-12/h5-6,8,12H,3-4,7,9-10H2,1-2H3,(H,16,19). The molecular formula is C15H21N3O2S. The van der Waals surface area contributed by atoms with E-state index >= 15 is 0 Å². The van der Waals surface area contributed by atoms with Crippen molar-refractivity contribution < 1.29 is 9.59 Å². The SMILES string of the molecule is CCCNC(=O)CC1Sc2ncccc2N(CCC)C1=O. The average Bonchev–Trinajstić information content (AvgIpc) is 2.49. The van der Waals surface area contributed by atoms with Crippen molar-refractivity contribution in [1.82, 2.24) is 10.3 Å². The number of fused-ring (bicyclic) bond motifs is 1. The van der Waals surface area contributed by atoms with Crippen LogP contribution >= 0.6 is 11.8 Å². The number of carbonyl (C=O) groups is 2. The van der Waals surface area contributed by atoms with Crippen LogP contribution in [0.4, 0.5) is 5.69 Å². The molecule has 0 saturated heterocycles. The van der Waals surface area contributed by atoms with Gasteiger partial charge in [-0.1, -0.05) is 25.6 Å². The fraction of sp³-hybridized carbons (Fsp3) is 0.533. The summed E-state index contributed by atoms with van der Waals surface area (Å²) in [5, 5.41) is 3.28. The van der Waals surface area contributed by atoms with Gasteiger partial charge in [0.05, 0.1) is 10.9 Å². The highest BCUT2D eigenvalue weighted by molar-refractivity contribution is 8.00. The lowest BCUT2D eigenvalue weighted by molar-refractivity contribution is -0.124. The number of hydrogen-bond donors (Lipinski definition) is 1. The third kappa shape index (κ3) is 3.75. The molecule has 2 rings (SSSR count). The minimum atomic E-state index is -0.379. The largest absolute Gasteiger partial charge is 0.356 e. The van der Waals surface area contributed by atoms with Crippen LogP contribution in [0.15, 0.2) is 23.4 Å². The Morgan fingerprint density at radius 1 is 1.43 bits per heavy atom. The molecule has 1 unspecified atom stereocenters. The van der Waals surface area contributed by atoms with Gasteiger partial charge in [0.25, 0.3) is 0 Å². The summed E-state index contributed by atoms with van der Waals surface area (Å²) in [7, 11) is 0. The van der Waals surface area contributed by atoms with Crippen LogP contribution in [0, 0.1) is 0 Å². The van der Waals surface area contributed by atoms with Gasteiger partial charge in [0.2, 0.25) is 11.8 Å². The van der Waals surface area contributed by atoms with Crippen LogP contribution in [0.3, 0.4) is 0 Å². The van der Waals surface area contributed by atoms with E-state index in [1.165, 1.54) is 11.8 Å². The van der Waals surface area contributed by atoms with E-state index in [1.807, 2.05) is 26.0 Å². The summed E-state index contributed by atoms with van der Waals surface area (Å²) in [6, 6.07) is 3.75. The van der Waals surface area contributed by atoms with Crippen molar-refractivity contribution in [3.63, 3.8) is 0 Å². The monoisotopic (exact) mass is 307 g/mol. The second-order valence-corrected chi connectivity index (χ2v) is 6.17. The van der Waals surface area contributed by atoms with Crippen molar-refractivity contribution in [2.24, 2.45) is 0 Å². The van der Waals surface area contributed by atoms with E-state index in [2.05, 4.69) is 10.3 Å². The number of anilines is 1. The molecule has 1 N–H and O–H groups in total. The van der Waals surface area contributed by atoms with Crippen LogP contribution in [-0.2, 0) is 9.59 Å². The molecule has 0 saturated carbocycles. The van der Waals surface area contributed by atoms with Crippen LogP contribution in [0.5, 0.6) is 0 Å². The maximum atomic E-state index is 12.6. The summed E-state index contributed by atoms with van der Waals surface area (Å²) in [5.74, 6) is -0.0625. The Balaban J connectivity index is 2.14. The third-order valence-electron chi connectivity index (χ3n) is 3.23. The first-order valence-electron chi connectivity index (χ1n) is 7.37. The Labute approximate surface area is 129 Å². The molecule has 0 bridgehead atoms. The zero-order valence-corrected chi connectivity index (χ0v) is 13.3. The number of rotatable bonds is 6. The number of nitrogens with zero attached hydrogens (tertiary/aromatic N) is 2. The minimum Gasteiger partial charge on any atom is -0.356 e. The molecule has 0 spiro atoms. The lowest BCUT2D eigenvalue weighted by atomic mass is 10.2. The molecule has 0 fully saturated rings. The van der Waals surface area contributed by atoms with Gasteiger partial charge in [-0.3, -0.25) is 9.59 Å². The topological polar surface area (TPSA) is 62.3 Å². The molecule has 1 aromatic heterocycles. The van der Waals surface area contributed by atoms with E-state index in [4.69, 9.17) is 0 Å². The minimum absolute atomic E-state index is 0.00833. The highest BCUT2D eigenvalue weighted by atomic mass is 32.2.